The van der Waals surface area contributed by atoms with E-state index in [4.69, 9.17) is 4.74 Å². The number of nitrogens with zero attached hydrogens (tertiary/aromatic N) is 2. The highest BCUT2D eigenvalue weighted by Crippen LogP contribution is 2.35. The number of nitrogens with one attached hydrogen (secondary N) is 2. The number of hydrogen-bond acceptors (Lipinski definition) is 5. The SMILES string of the molecule is C[C@H]1CN([C@@H](C)CO)C(=O)c2cccc(NC(=O)Nc3ccc(F)cc3)c2O[C@H]1CN(C)Cc1ccc(C(F)(F)F)cc1. The standard InChI is InChI=1S/C31H34F4N4O4/c1-19-15-39(20(2)18-40)29(41)25-5-4-6-26(37-30(42)36-24-13-11-23(32)12-14-24)28(25)43-27(19)17-38(3)16-21-7-9-22(10-8-21)31(33,34)35/h4-14,19-20,27,40H,15-18H2,1-3H3,(H2,36,37,42)/t19-,20-,27-/m0/s1. The Balaban J connectivity index is 1.59. The summed E-state index contributed by atoms with van der Waals surface area (Å²) in [6.45, 7) is 4.34. The summed E-state index contributed by atoms with van der Waals surface area (Å²) in [6.07, 6.45) is -4.93. The maximum atomic E-state index is 13.6. The second-order valence-electron chi connectivity index (χ2n) is 10.8. The van der Waals surface area contributed by atoms with Gasteiger partial charge in [0.05, 0.1) is 29.5 Å². The van der Waals surface area contributed by atoms with Crippen molar-refractivity contribution in [1.82, 2.24) is 9.80 Å². The van der Waals surface area contributed by atoms with Crippen molar-refractivity contribution in [1.29, 1.82) is 0 Å². The van der Waals surface area contributed by atoms with Crippen molar-refractivity contribution < 1.29 is 37.0 Å². The quantitative estimate of drug-likeness (QED) is 0.282. The molecule has 3 atom stereocenters. The van der Waals surface area contributed by atoms with E-state index >= 15 is 0 Å². The maximum Gasteiger partial charge on any atom is 0.416 e. The Bertz CT molecular complexity index is 1420. The molecule has 0 aromatic heterocycles. The van der Waals surface area contributed by atoms with E-state index in [1.807, 2.05) is 18.9 Å². The van der Waals surface area contributed by atoms with Crippen LogP contribution in [-0.4, -0.2) is 65.7 Å². The fraction of sp³-hybridized carbons (Fsp3) is 0.355. The molecule has 0 unspecified atom stereocenters. The third-order valence-corrected chi connectivity index (χ3v) is 7.27. The second kappa shape index (κ2) is 13.4. The first-order chi connectivity index (χ1) is 20.3. The summed E-state index contributed by atoms with van der Waals surface area (Å²) in [7, 11) is 1.81. The minimum atomic E-state index is -4.42. The van der Waals surface area contributed by atoms with Gasteiger partial charge in [0, 0.05) is 31.2 Å². The lowest BCUT2D eigenvalue weighted by Gasteiger charge is -2.38. The van der Waals surface area contributed by atoms with E-state index in [0.29, 0.717) is 24.3 Å². The number of likely N-dealkylation sites (N-methyl/N-ethyl adjacent to an activating group) is 1. The van der Waals surface area contributed by atoms with E-state index in [-0.39, 0.29) is 42.0 Å². The predicted octanol–water partition coefficient (Wildman–Crippen LogP) is 5.84. The van der Waals surface area contributed by atoms with Gasteiger partial charge in [0.1, 0.15) is 11.9 Å². The summed E-state index contributed by atoms with van der Waals surface area (Å²) in [5.74, 6) is -0.909. The van der Waals surface area contributed by atoms with Crippen LogP contribution >= 0.6 is 0 Å². The number of para-hydroxylation sites is 1. The number of urea groups is 1. The Labute approximate surface area is 247 Å². The average Bonchev–Trinajstić information content (AvgIpc) is 2.95. The highest BCUT2D eigenvalue weighted by atomic mass is 19.4. The third kappa shape index (κ3) is 8.02. The molecule has 1 aliphatic rings. The normalized spacial score (nSPS) is 17.9. The topological polar surface area (TPSA) is 94.1 Å². The number of aliphatic hydroxyl groups excluding tert-OH is 1. The van der Waals surface area contributed by atoms with Crippen LogP contribution in [0.3, 0.4) is 0 Å². The fourth-order valence-corrected chi connectivity index (χ4v) is 4.86. The molecule has 3 amide bonds. The fourth-order valence-electron chi connectivity index (χ4n) is 4.86. The molecule has 8 nitrogen and oxygen atoms in total. The number of anilines is 2. The van der Waals surface area contributed by atoms with Gasteiger partial charge < -0.3 is 25.4 Å². The van der Waals surface area contributed by atoms with Gasteiger partial charge in [-0.1, -0.05) is 25.1 Å². The van der Waals surface area contributed by atoms with Gasteiger partial charge >= 0.3 is 12.2 Å². The molecule has 230 valence electrons. The lowest BCUT2D eigenvalue weighted by molar-refractivity contribution is -0.137. The molecule has 0 radical (unpaired) electrons. The molecule has 3 aromatic carbocycles. The summed E-state index contributed by atoms with van der Waals surface area (Å²) in [5.41, 5.74) is 0.737. The van der Waals surface area contributed by atoms with Gasteiger partial charge in [-0.15, -0.1) is 0 Å². The van der Waals surface area contributed by atoms with Crippen molar-refractivity contribution in [3.8, 4) is 5.75 Å². The molecule has 0 aliphatic carbocycles. The number of carbonyl (C=O) groups is 2. The van der Waals surface area contributed by atoms with Crippen LogP contribution in [0.1, 0.15) is 35.3 Å². The molecule has 3 aromatic rings. The van der Waals surface area contributed by atoms with Crippen molar-refractivity contribution in [2.45, 2.75) is 38.7 Å². The van der Waals surface area contributed by atoms with Gasteiger partial charge in [0.2, 0.25) is 0 Å². The Morgan fingerprint density at radius 3 is 2.40 bits per heavy atom. The first-order valence-corrected chi connectivity index (χ1v) is 13.8. The molecule has 4 rings (SSSR count). The number of ether oxygens (including phenoxy) is 1. The van der Waals surface area contributed by atoms with E-state index in [9.17, 15) is 32.3 Å². The number of carbonyl (C=O) groups excluding carboxylic acids is 2. The van der Waals surface area contributed by atoms with E-state index in [1.165, 1.54) is 36.4 Å². The zero-order valence-corrected chi connectivity index (χ0v) is 24.0. The molecule has 0 fully saturated rings. The molecule has 1 heterocycles. The summed E-state index contributed by atoms with van der Waals surface area (Å²) >= 11 is 0. The van der Waals surface area contributed by atoms with Crippen LogP contribution in [0.4, 0.5) is 33.7 Å². The highest BCUT2D eigenvalue weighted by molar-refractivity contribution is 6.04. The molecular weight excluding hydrogens is 568 g/mol. The van der Waals surface area contributed by atoms with Crippen molar-refractivity contribution in [3.05, 3.63) is 89.2 Å². The van der Waals surface area contributed by atoms with E-state index < -0.39 is 35.7 Å². The average molecular weight is 603 g/mol. The number of amides is 3. The minimum Gasteiger partial charge on any atom is -0.486 e. The third-order valence-electron chi connectivity index (χ3n) is 7.27. The lowest BCUT2D eigenvalue weighted by Crippen LogP contribution is -2.49. The zero-order chi connectivity index (χ0) is 31.3. The Kier molecular flexibility index (Phi) is 9.92. The molecule has 1 aliphatic heterocycles. The van der Waals surface area contributed by atoms with Crippen LogP contribution in [0.5, 0.6) is 5.75 Å². The van der Waals surface area contributed by atoms with Gasteiger partial charge in [-0.05, 0) is 68.1 Å². The van der Waals surface area contributed by atoms with E-state index in [1.54, 1.807) is 30.0 Å². The van der Waals surface area contributed by atoms with E-state index in [0.717, 1.165) is 12.1 Å². The largest absolute Gasteiger partial charge is 0.486 e. The summed E-state index contributed by atoms with van der Waals surface area (Å²) in [6, 6.07) is 13.8. The number of hydrogen-bond donors (Lipinski definition) is 3. The number of alkyl halides is 3. The summed E-state index contributed by atoms with van der Waals surface area (Å²) < 4.78 is 58.7. The van der Waals surface area contributed by atoms with Crippen LogP contribution in [0, 0.1) is 11.7 Å². The number of rotatable bonds is 8. The van der Waals surface area contributed by atoms with Crippen molar-refractivity contribution in [2.24, 2.45) is 5.92 Å². The lowest BCUT2D eigenvalue weighted by atomic mass is 9.98. The van der Waals surface area contributed by atoms with E-state index in [2.05, 4.69) is 10.6 Å². The predicted molar refractivity (Wildman–Crippen MR) is 154 cm³/mol. The Hall–Kier alpha value is -4.16. The minimum absolute atomic E-state index is 0.149. The van der Waals surface area contributed by atoms with Crippen LogP contribution in [-0.2, 0) is 12.7 Å². The molecule has 0 spiro atoms. The second-order valence-corrected chi connectivity index (χ2v) is 10.8. The number of halogens is 4. The number of benzene rings is 3. The Morgan fingerprint density at radius 2 is 1.77 bits per heavy atom. The molecular formula is C31H34F4N4O4. The van der Waals surface area contributed by atoms with Gasteiger partial charge in [-0.2, -0.15) is 13.2 Å². The Morgan fingerprint density at radius 1 is 1.09 bits per heavy atom. The number of fused-ring (bicyclic) bond motifs is 1. The smallest absolute Gasteiger partial charge is 0.416 e. The van der Waals surface area contributed by atoms with Crippen molar-refractivity contribution in [3.63, 3.8) is 0 Å². The number of aliphatic hydroxyl groups is 1. The van der Waals surface area contributed by atoms with Gasteiger partial charge in [0.15, 0.2) is 5.75 Å². The summed E-state index contributed by atoms with van der Waals surface area (Å²) in [4.78, 5) is 30.0. The highest BCUT2D eigenvalue weighted by Gasteiger charge is 2.35. The summed E-state index contributed by atoms with van der Waals surface area (Å²) in [5, 5.41) is 15.2. The van der Waals surface area contributed by atoms with Crippen LogP contribution in [0.15, 0.2) is 66.7 Å². The molecule has 12 heteroatoms. The van der Waals surface area contributed by atoms with Gasteiger partial charge in [0.25, 0.3) is 5.91 Å². The van der Waals surface area contributed by atoms with Crippen LogP contribution in [0.2, 0.25) is 0 Å². The molecule has 43 heavy (non-hydrogen) atoms. The van der Waals surface area contributed by atoms with Gasteiger partial charge in [-0.25, -0.2) is 9.18 Å². The van der Waals surface area contributed by atoms with Crippen LogP contribution in [0.25, 0.3) is 0 Å². The van der Waals surface area contributed by atoms with Crippen molar-refractivity contribution >= 4 is 23.3 Å². The maximum absolute atomic E-state index is 13.6. The zero-order valence-electron chi connectivity index (χ0n) is 24.0. The molecule has 0 saturated carbocycles. The van der Waals surface area contributed by atoms with Crippen molar-refractivity contribution in [2.75, 3.05) is 37.4 Å². The molecule has 3 N–H and O–H groups in total. The van der Waals surface area contributed by atoms with Crippen LogP contribution < -0.4 is 15.4 Å². The first kappa shape index (κ1) is 31.8. The first-order valence-electron chi connectivity index (χ1n) is 13.8. The molecule has 0 bridgehead atoms. The molecule has 0 saturated heterocycles. The van der Waals surface area contributed by atoms with Gasteiger partial charge in [-0.3, -0.25) is 9.69 Å². The monoisotopic (exact) mass is 602 g/mol.